The van der Waals surface area contributed by atoms with Crippen LogP contribution in [0.1, 0.15) is 22.8 Å². The molecule has 2 amide bonds. The van der Waals surface area contributed by atoms with E-state index in [0.29, 0.717) is 18.7 Å². The summed E-state index contributed by atoms with van der Waals surface area (Å²) in [5.41, 5.74) is 3.40. The Balaban J connectivity index is 1.36. The molecule has 2 heterocycles. The van der Waals surface area contributed by atoms with Gasteiger partial charge in [-0.25, -0.2) is 4.68 Å². The highest BCUT2D eigenvalue weighted by molar-refractivity contribution is 6.00. The van der Waals surface area contributed by atoms with Gasteiger partial charge < -0.3 is 10.2 Å². The van der Waals surface area contributed by atoms with Crippen LogP contribution in [-0.2, 0) is 17.9 Å². The topological polar surface area (TPSA) is 80.1 Å². The summed E-state index contributed by atoms with van der Waals surface area (Å²) in [6, 6.07) is 15.0. The number of aromatic nitrogens is 3. The summed E-state index contributed by atoms with van der Waals surface area (Å²) < 4.78 is 1.77. The van der Waals surface area contributed by atoms with Crippen LogP contribution < -0.4 is 5.32 Å². The molecular formula is C19H19N5O2. The molecule has 0 saturated heterocycles. The molecule has 0 fully saturated rings. The Hall–Kier alpha value is -3.22. The van der Waals surface area contributed by atoms with Crippen LogP contribution in [0.4, 0.5) is 0 Å². The third-order valence-corrected chi connectivity index (χ3v) is 4.51. The third-order valence-electron chi connectivity index (χ3n) is 4.51. The summed E-state index contributed by atoms with van der Waals surface area (Å²) in [7, 11) is 0. The van der Waals surface area contributed by atoms with E-state index in [1.54, 1.807) is 15.6 Å². The Labute approximate surface area is 150 Å². The molecule has 4 rings (SSSR count). The van der Waals surface area contributed by atoms with Gasteiger partial charge in [0, 0.05) is 18.2 Å². The number of para-hydroxylation sites is 1. The van der Waals surface area contributed by atoms with Crippen LogP contribution in [0.5, 0.6) is 0 Å². The summed E-state index contributed by atoms with van der Waals surface area (Å²) in [5.74, 6) is -0.270. The Morgan fingerprint density at radius 3 is 2.81 bits per heavy atom. The highest BCUT2D eigenvalue weighted by Crippen LogP contribution is 2.21. The second kappa shape index (κ2) is 6.59. The molecule has 3 aromatic rings. The van der Waals surface area contributed by atoms with Gasteiger partial charge in [-0.3, -0.25) is 9.59 Å². The van der Waals surface area contributed by atoms with Gasteiger partial charge in [-0.2, -0.15) is 0 Å². The minimum absolute atomic E-state index is 0.0515. The van der Waals surface area contributed by atoms with Gasteiger partial charge in [0.15, 0.2) is 0 Å². The lowest BCUT2D eigenvalue weighted by Crippen LogP contribution is -2.42. The minimum Gasteiger partial charge on any atom is -0.350 e. The molecule has 7 nitrogen and oxygen atoms in total. The second-order valence-corrected chi connectivity index (χ2v) is 6.55. The molecule has 1 N–H and O–H groups in total. The first-order valence-electron chi connectivity index (χ1n) is 8.56. The number of benzene rings is 2. The van der Waals surface area contributed by atoms with Crippen LogP contribution in [0.2, 0.25) is 0 Å². The summed E-state index contributed by atoms with van der Waals surface area (Å²) in [5, 5.41) is 11.2. The summed E-state index contributed by atoms with van der Waals surface area (Å²) in [6.07, 6.45) is 0. The first-order valence-corrected chi connectivity index (χ1v) is 8.56. The summed E-state index contributed by atoms with van der Waals surface area (Å²) in [4.78, 5) is 26.3. The molecule has 26 heavy (non-hydrogen) atoms. The molecule has 1 atom stereocenters. The zero-order chi connectivity index (χ0) is 18.1. The molecule has 0 bridgehead atoms. The van der Waals surface area contributed by atoms with E-state index in [-0.39, 0.29) is 24.4 Å². The van der Waals surface area contributed by atoms with E-state index in [0.717, 1.165) is 16.6 Å². The maximum Gasteiger partial charge on any atom is 0.254 e. The second-order valence-electron chi connectivity index (χ2n) is 6.55. The van der Waals surface area contributed by atoms with Crippen LogP contribution in [0, 0.1) is 0 Å². The van der Waals surface area contributed by atoms with Gasteiger partial charge in [-0.1, -0.05) is 35.5 Å². The molecule has 132 valence electrons. The number of rotatable bonds is 5. The lowest BCUT2D eigenvalue weighted by atomic mass is 10.1. The fraction of sp³-hybridized carbons (Fsp3) is 0.263. The van der Waals surface area contributed by atoms with Gasteiger partial charge in [0.1, 0.15) is 12.1 Å². The van der Waals surface area contributed by atoms with Crippen molar-refractivity contribution in [1.82, 2.24) is 25.2 Å². The number of hydrogen-bond acceptors (Lipinski definition) is 4. The van der Waals surface area contributed by atoms with Crippen LogP contribution in [0.3, 0.4) is 0 Å². The van der Waals surface area contributed by atoms with Gasteiger partial charge in [0.25, 0.3) is 5.91 Å². The zero-order valence-corrected chi connectivity index (χ0v) is 14.4. The molecule has 2 aromatic carbocycles. The number of fused-ring (bicyclic) bond motifs is 2. The predicted octanol–water partition coefficient (Wildman–Crippen LogP) is 1.59. The Bertz CT molecular complexity index is 981. The normalized spacial score (nSPS) is 14.5. The van der Waals surface area contributed by atoms with Crippen molar-refractivity contribution in [3.8, 4) is 0 Å². The monoisotopic (exact) mass is 349 g/mol. The Kier molecular flexibility index (Phi) is 4.12. The van der Waals surface area contributed by atoms with Crippen molar-refractivity contribution >= 4 is 22.8 Å². The number of carbonyl (C=O) groups is 2. The van der Waals surface area contributed by atoms with Crippen molar-refractivity contribution in [3.63, 3.8) is 0 Å². The van der Waals surface area contributed by atoms with Crippen LogP contribution in [0.25, 0.3) is 11.0 Å². The molecule has 1 aromatic heterocycles. The highest BCUT2D eigenvalue weighted by atomic mass is 16.2. The van der Waals surface area contributed by atoms with Gasteiger partial charge in [0.05, 0.1) is 12.1 Å². The van der Waals surface area contributed by atoms with E-state index < -0.39 is 0 Å². The average molecular weight is 349 g/mol. The molecule has 7 heteroatoms. The fourth-order valence-electron chi connectivity index (χ4n) is 3.29. The number of amides is 2. The van der Waals surface area contributed by atoms with Crippen molar-refractivity contribution in [2.45, 2.75) is 26.1 Å². The van der Waals surface area contributed by atoms with Gasteiger partial charge in [-0.15, -0.1) is 5.10 Å². The van der Waals surface area contributed by atoms with Gasteiger partial charge in [-0.05, 0) is 30.7 Å². The maximum atomic E-state index is 12.3. The van der Waals surface area contributed by atoms with Gasteiger partial charge >= 0.3 is 0 Å². The van der Waals surface area contributed by atoms with Crippen LogP contribution >= 0.6 is 0 Å². The predicted molar refractivity (Wildman–Crippen MR) is 96.3 cm³/mol. The standard InChI is InChI=1S/C19H19N5O2/c1-13(10-24-17-9-5-4-8-16(17)21-22-24)20-18(25)12-23-11-14-6-2-3-7-15(14)19(23)26/h2-9,13H,10-12H2,1H3,(H,20,25)/t13-/m1/s1. The van der Waals surface area contributed by atoms with E-state index >= 15 is 0 Å². The van der Waals surface area contributed by atoms with Crippen molar-refractivity contribution in [2.24, 2.45) is 0 Å². The molecule has 1 aliphatic rings. The van der Waals surface area contributed by atoms with Crippen molar-refractivity contribution in [3.05, 3.63) is 59.7 Å². The lowest BCUT2D eigenvalue weighted by Gasteiger charge is -2.18. The van der Waals surface area contributed by atoms with Crippen LogP contribution in [0.15, 0.2) is 48.5 Å². The van der Waals surface area contributed by atoms with Crippen molar-refractivity contribution < 1.29 is 9.59 Å². The fourth-order valence-corrected chi connectivity index (χ4v) is 3.29. The Morgan fingerprint density at radius 1 is 1.19 bits per heavy atom. The van der Waals surface area contributed by atoms with E-state index in [2.05, 4.69) is 15.6 Å². The summed E-state index contributed by atoms with van der Waals surface area (Å²) in [6.45, 7) is 2.95. The third kappa shape index (κ3) is 3.03. The smallest absolute Gasteiger partial charge is 0.254 e. The number of nitrogens with one attached hydrogen (secondary N) is 1. The highest BCUT2D eigenvalue weighted by Gasteiger charge is 2.28. The first-order chi connectivity index (χ1) is 12.6. The van der Waals surface area contributed by atoms with E-state index in [4.69, 9.17) is 0 Å². The molecule has 0 radical (unpaired) electrons. The van der Waals surface area contributed by atoms with Crippen molar-refractivity contribution in [2.75, 3.05) is 6.54 Å². The lowest BCUT2D eigenvalue weighted by molar-refractivity contribution is -0.122. The minimum atomic E-state index is -0.178. The van der Waals surface area contributed by atoms with Gasteiger partial charge in [0.2, 0.25) is 5.91 Å². The van der Waals surface area contributed by atoms with E-state index in [9.17, 15) is 9.59 Å². The number of carbonyl (C=O) groups excluding carboxylic acids is 2. The molecule has 0 unspecified atom stereocenters. The zero-order valence-electron chi connectivity index (χ0n) is 14.4. The summed E-state index contributed by atoms with van der Waals surface area (Å²) >= 11 is 0. The van der Waals surface area contributed by atoms with E-state index in [1.165, 1.54) is 0 Å². The van der Waals surface area contributed by atoms with Crippen molar-refractivity contribution in [1.29, 1.82) is 0 Å². The number of nitrogens with zero attached hydrogens (tertiary/aromatic N) is 4. The molecule has 0 spiro atoms. The SMILES string of the molecule is C[C@H](Cn1nnc2ccccc21)NC(=O)CN1Cc2ccccc2C1=O. The van der Waals surface area contributed by atoms with Crippen LogP contribution in [-0.4, -0.2) is 44.3 Å². The maximum absolute atomic E-state index is 12.3. The molecular weight excluding hydrogens is 330 g/mol. The largest absolute Gasteiger partial charge is 0.350 e. The molecule has 0 saturated carbocycles. The Morgan fingerprint density at radius 2 is 1.96 bits per heavy atom. The first kappa shape index (κ1) is 16.3. The number of hydrogen-bond donors (Lipinski definition) is 1. The quantitative estimate of drug-likeness (QED) is 0.759. The molecule has 1 aliphatic heterocycles. The average Bonchev–Trinajstić information content (AvgIpc) is 3.17. The molecule has 0 aliphatic carbocycles. The van der Waals surface area contributed by atoms with E-state index in [1.807, 2.05) is 49.4 Å².